The number of thiazole rings is 1. The molecule has 5 heteroatoms. The van der Waals surface area contributed by atoms with Gasteiger partial charge in [-0.2, -0.15) is 0 Å². The second-order valence-electron chi connectivity index (χ2n) is 4.94. The highest BCUT2D eigenvalue weighted by molar-refractivity contribution is 8.00. The number of benzene rings is 2. The van der Waals surface area contributed by atoms with Gasteiger partial charge in [0.2, 0.25) is 5.56 Å². The Morgan fingerprint density at radius 3 is 2.82 bits per heavy atom. The lowest BCUT2D eigenvalue weighted by Crippen LogP contribution is -2.05. The number of pyridine rings is 1. The number of aromatic amines is 1. The van der Waals surface area contributed by atoms with Crippen molar-refractivity contribution in [3.05, 3.63) is 70.5 Å². The van der Waals surface area contributed by atoms with E-state index < -0.39 is 0 Å². The van der Waals surface area contributed by atoms with Crippen LogP contribution < -0.4 is 5.56 Å². The molecule has 22 heavy (non-hydrogen) atoms. The third kappa shape index (κ3) is 2.53. The summed E-state index contributed by atoms with van der Waals surface area (Å²) >= 11 is 3.37. The molecule has 0 radical (unpaired) electrons. The maximum Gasteiger partial charge on any atom is 0.248 e. The summed E-state index contributed by atoms with van der Waals surface area (Å²) in [5.41, 5.74) is 2.91. The van der Waals surface area contributed by atoms with Gasteiger partial charge >= 0.3 is 0 Å². The second-order valence-corrected chi connectivity index (χ2v) is 7.19. The first kappa shape index (κ1) is 13.5. The van der Waals surface area contributed by atoms with Crippen LogP contribution in [0.15, 0.2) is 63.7 Å². The van der Waals surface area contributed by atoms with E-state index in [0.717, 1.165) is 32.1 Å². The third-order valence-corrected chi connectivity index (χ3v) is 5.69. The summed E-state index contributed by atoms with van der Waals surface area (Å²) in [6.45, 7) is 0. The number of rotatable bonds is 3. The number of fused-ring (bicyclic) bond motifs is 2. The molecular weight excluding hydrogens is 312 g/mol. The predicted octanol–water partition coefficient (Wildman–Crippen LogP) is 4.43. The van der Waals surface area contributed by atoms with E-state index in [1.807, 2.05) is 42.5 Å². The first-order chi connectivity index (χ1) is 10.8. The van der Waals surface area contributed by atoms with Gasteiger partial charge < -0.3 is 4.98 Å². The minimum absolute atomic E-state index is 0.0569. The molecule has 0 fully saturated rings. The molecular formula is C17H12N2OS2. The number of thioether (sulfide) groups is 1. The summed E-state index contributed by atoms with van der Waals surface area (Å²) < 4.78 is 2.23. The fraction of sp³-hybridized carbons (Fsp3) is 0.0588. The summed E-state index contributed by atoms with van der Waals surface area (Å²) in [4.78, 5) is 19.3. The summed E-state index contributed by atoms with van der Waals surface area (Å²) in [6, 6.07) is 17.7. The van der Waals surface area contributed by atoms with Crippen LogP contribution in [-0.4, -0.2) is 9.97 Å². The normalized spacial score (nSPS) is 11.3. The van der Waals surface area contributed by atoms with Crippen molar-refractivity contribution in [3.8, 4) is 0 Å². The smallest absolute Gasteiger partial charge is 0.248 e. The highest BCUT2D eigenvalue weighted by Gasteiger charge is 2.07. The zero-order valence-corrected chi connectivity index (χ0v) is 13.2. The monoisotopic (exact) mass is 324 g/mol. The van der Waals surface area contributed by atoms with Gasteiger partial charge in [-0.25, -0.2) is 4.98 Å². The molecule has 3 nitrogen and oxygen atoms in total. The number of nitrogens with one attached hydrogen (secondary N) is 1. The molecule has 0 amide bonds. The molecule has 0 unspecified atom stereocenters. The maximum atomic E-state index is 11.8. The second kappa shape index (κ2) is 5.59. The lowest BCUT2D eigenvalue weighted by molar-refractivity contribution is 1.26. The first-order valence-electron chi connectivity index (χ1n) is 6.89. The van der Waals surface area contributed by atoms with Crippen LogP contribution in [0, 0.1) is 0 Å². The lowest BCUT2D eigenvalue weighted by atomic mass is 10.1. The van der Waals surface area contributed by atoms with Crippen molar-refractivity contribution in [2.45, 2.75) is 10.1 Å². The Hall–Kier alpha value is -2.11. The highest BCUT2D eigenvalue weighted by atomic mass is 32.2. The Bertz CT molecular complexity index is 987. The van der Waals surface area contributed by atoms with Crippen LogP contribution in [0.1, 0.15) is 5.56 Å². The van der Waals surface area contributed by atoms with Gasteiger partial charge in [-0.1, -0.05) is 42.1 Å². The van der Waals surface area contributed by atoms with E-state index in [4.69, 9.17) is 0 Å². The van der Waals surface area contributed by atoms with E-state index in [1.54, 1.807) is 29.2 Å². The van der Waals surface area contributed by atoms with Gasteiger partial charge in [-0.3, -0.25) is 4.79 Å². The van der Waals surface area contributed by atoms with Gasteiger partial charge in [0, 0.05) is 22.7 Å². The fourth-order valence-electron chi connectivity index (χ4n) is 2.45. The molecule has 108 valence electrons. The zero-order valence-electron chi connectivity index (χ0n) is 11.6. The SMILES string of the molecule is O=c1cc(CSc2nc3ccccc3s2)c2ccccc2[nH]1. The number of hydrogen-bond donors (Lipinski definition) is 1. The van der Waals surface area contributed by atoms with Gasteiger partial charge in [0.05, 0.1) is 10.2 Å². The van der Waals surface area contributed by atoms with Crippen molar-refractivity contribution in [2.24, 2.45) is 0 Å². The Labute approximate surface area is 135 Å². The van der Waals surface area contributed by atoms with E-state index in [0.29, 0.717) is 0 Å². The van der Waals surface area contributed by atoms with Gasteiger partial charge in [0.15, 0.2) is 4.34 Å². The standard InChI is InChI=1S/C17H12N2OS2/c20-16-9-11(12-5-1-2-6-13(12)18-16)10-21-17-19-14-7-3-4-8-15(14)22-17/h1-9H,10H2,(H,18,20). The third-order valence-electron chi connectivity index (χ3n) is 3.46. The number of nitrogens with zero attached hydrogens (tertiary/aromatic N) is 1. The van der Waals surface area contributed by atoms with Gasteiger partial charge in [-0.15, -0.1) is 11.3 Å². The Balaban J connectivity index is 1.67. The maximum absolute atomic E-state index is 11.8. The van der Waals surface area contributed by atoms with Crippen LogP contribution in [0.2, 0.25) is 0 Å². The first-order valence-corrected chi connectivity index (χ1v) is 8.69. The van der Waals surface area contributed by atoms with Crippen LogP contribution in [0.25, 0.3) is 21.1 Å². The van der Waals surface area contributed by atoms with Crippen molar-refractivity contribution in [1.29, 1.82) is 0 Å². The summed E-state index contributed by atoms with van der Waals surface area (Å²) in [7, 11) is 0. The largest absolute Gasteiger partial charge is 0.322 e. The molecule has 1 N–H and O–H groups in total. The highest BCUT2D eigenvalue weighted by Crippen LogP contribution is 2.32. The van der Waals surface area contributed by atoms with Crippen LogP contribution >= 0.6 is 23.1 Å². The van der Waals surface area contributed by atoms with Crippen molar-refractivity contribution < 1.29 is 0 Å². The number of H-pyrrole nitrogens is 1. The van der Waals surface area contributed by atoms with Gasteiger partial charge in [0.1, 0.15) is 0 Å². The van der Waals surface area contributed by atoms with Crippen molar-refractivity contribution in [3.63, 3.8) is 0 Å². The number of para-hydroxylation sites is 2. The quantitative estimate of drug-likeness (QED) is 0.567. The summed E-state index contributed by atoms with van der Waals surface area (Å²) in [5.74, 6) is 0.740. The molecule has 2 heterocycles. The Kier molecular flexibility index (Phi) is 3.44. The van der Waals surface area contributed by atoms with Gasteiger partial charge in [0.25, 0.3) is 0 Å². The minimum Gasteiger partial charge on any atom is -0.322 e. The fourth-order valence-corrected chi connectivity index (χ4v) is 4.51. The van der Waals surface area contributed by atoms with Crippen molar-refractivity contribution in [2.75, 3.05) is 0 Å². The summed E-state index contributed by atoms with van der Waals surface area (Å²) in [6.07, 6.45) is 0. The molecule has 0 bridgehead atoms. The molecule has 0 spiro atoms. The molecule has 0 atom stereocenters. The van der Waals surface area contributed by atoms with Crippen LogP contribution in [0.3, 0.4) is 0 Å². The number of aromatic nitrogens is 2. The lowest BCUT2D eigenvalue weighted by Gasteiger charge is -2.04. The van der Waals surface area contributed by atoms with Crippen molar-refractivity contribution in [1.82, 2.24) is 9.97 Å². The average Bonchev–Trinajstić information content (AvgIpc) is 2.95. The molecule has 0 aliphatic heterocycles. The molecule has 0 aliphatic carbocycles. The molecule has 4 rings (SSSR count). The number of hydrogen-bond acceptors (Lipinski definition) is 4. The molecule has 4 aromatic rings. The van der Waals surface area contributed by atoms with Crippen LogP contribution in [0.5, 0.6) is 0 Å². The van der Waals surface area contributed by atoms with E-state index in [-0.39, 0.29) is 5.56 Å². The molecule has 0 saturated heterocycles. The molecule has 0 aliphatic rings. The summed E-state index contributed by atoms with van der Waals surface area (Å²) in [5, 5.41) is 1.09. The topological polar surface area (TPSA) is 45.8 Å². The molecule has 2 aromatic carbocycles. The molecule has 2 aromatic heterocycles. The van der Waals surface area contributed by atoms with E-state index in [1.165, 1.54) is 4.70 Å². The minimum atomic E-state index is -0.0569. The van der Waals surface area contributed by atoms with E-state index in [9.17, 15) is 4.79 Å². The van der Waals surface area contributed by atoms with Crippen LogP contribution in [-0.2, 0) is 5.75 Å². The Morgan fingerprint density at radius 2 is 1.91 bits per heavy atom. The molecule has 0 saturated carbocycles. The van der Waals surface area contributed by atoms with Crippen molar-refractivity contribution >= 4 is 44.2 Å². The Morgan fingerprint density at radius 1 is 1.09 bits per heavy atom. The van der Waals surface area contributed by atoms with Crippen LogP contribution in [0.4, 0.5) is 0 Å². The average molecular weight is 324 g/mol. The van der Waals surface area contributed by atoms with E-state index in [2.05, 4.69) is 16.0 Å². The van der Waals surface area contributed by atoms with E-state index >= 15 is 0 Å². The van der Waals surface area contributed by atoms with Gasteiger partial charge in [-0.05, 0) is 23.8 Å². The zero-order chi connectivity index (χ0) is 14.9. The predicted molar refractivity (Wildman–Crippen MR) is 93.7 cm³/mol.